The van der Waals surface area contributed by atoms with Gasteiger partial charge in [0.25, 0.3) is 0 Å². The number of alkyl halides is 2. The summed E-state index contributed by atoms with van der Waals surface area (Å²) >= 11 is 7.31. The highest BCUT2D eigenvalue weighted by molar-refractivity contribution is 9.12. The molecule has 1 nitrogen and oxygen atoms in total. The lowest BCUT2D eigenvalue weighted by atomic mass is 9.70. The Balaban J connectivity index is 2.61. The monoisotopic (exact) mass is 308 g/mol. The Labute approximate surface area is 95.9 Å². The quantitative estimate of drug-likeness (QED) is 0.628. The molecule has 2 bridgehead atoms. The van der Waals surface area contributed by atoms with E-state index in [0.29, 0.717) is 5.78 Å². The molecule has 3 unspecified atom stereocenters. The maximum atomic E-state index is 12.0. The molecule has 0 radical (unpaired) electrons. The fraction of sp³-hybridized carbons (Fsp3) is 0.900. The Kier molecular flexibility index (Phi) is 1.88. The van der Waals surface area contributed by atoms with Crippen LogP contribution < -0.4 is 0 Å². The molecule has 0 N–H and O–H groups in total. The van der Waals surface area contributed by atoms with Gasteiger partial charge in [-0.3, -0.25) is 4.79 Å². The molecule has 74 valence electrons. The zero-order valence-corrected chi connectivity index (χ0v) is 11.3. The second-order valence-corrected chi connectivity index (χ2v) is 7.38. The summed E-state index contributed by atoms with van der Waals surface area (Å²) in [6.45, 7) is 6.52. The maximum absolute atomic E-state index is 12.0. The van der Waals surface area contributed by atoms with Crippen LogP contribution in [0.25, 0.3) is 0 Å². The first-order chi connectivity index (χ1) is 5.77. The van der Waals surface area contributed by atoms with Gasteiger partial charge in [-0.1, -0.05) is 52.6 Å². The first-order valence-electron chi connectivity index (χ1n) is 4.65. The summed E-state index contributed by atoms with van der Waals surface area (Å²) < 4.78 is -0.0220. The standard InChI is InChI=1S/C10H14Br2O/c1-8(2)9(3)4-5-10(8,12)6(11)7(9)13/h6H,4-5H2,1-3H3. The predicted octanol–water partition coefficient (Wildman–Crippen LogP) is 3.29. The average molecular weight is 310 g/mol. The molecular formula is C10H14Br2O. The van der Waals surface area contributed by atoms with Gasteiger partial charge in [-0.25, -0.2) is 0 Å². The van der Waals surface area contributed by atoms with Crippen molar-refractivity contribution in [3.8, 4) is 0 Å². The molecule has 0 aliphatic heterocycles. The molecule has 0 aromatic heterocycles. The molecule has 0 heterocycles. The molecule has 0 saturated heterocycles. The van der Waals surface area contributed by atoms with Crippen molar-refractivity contribution in [1.82, 2.24) is 0 Å². The van der Waals surface area contributed by atoms with Crippen LogP contribution >= 0.6 is 31.9 Å². The SMILES string of the molecule is CC12CCC(Br)(C(Br)C1=O)C2(C)C. The number of carbonyl (C=O) groups excluding carboxylic acids is 1. The van der Waals surface area contributed by atoms with Gasteiger partial charge in [0, 0.05) is 5.41 Å². The van der Waals surface area contributed by atoms with Crippen molar-refractivity contribution in [2.45, 2.75) is 42.8 Å². The van der Waals surface area contributed by atoms with Gasteiger partial charge >= 0.3 is 0 Å². The first kappa shape index (κ1) is 10.2. The Morgan fingerprint density at radius 1 is 1.31 bits per heavy atom. The van der Waals surface area contributed by atoms with Gasteiger partial charge in [0.15, 0.2) is 5.78 Å². The Hall–Kier alpha value is 0.630. The summed E-state index contributed by atoms with van der Waals surface area (Å²) in [5.41, 5.74) is -0.0735. The van der Waals surface area contributed by atoms with E-state index in [-0.39, 0.29) is 20.0 Å². The summed E-state index contributed by atoms with van der Waals surface area (Å²) in [6, 6.07) is 0. The van der Waals surface area contributed by atoms with E-state index < -0.39 is 0 Å². The molecule has 3 atom stereocenters. The normalized spacial score (nSPS) is 53.0. The lowest BCUT2D eigenvalue weighted by Gasteiger charge is -2.36. The van der Waals surface area contributed by atoms with E-state index >= 15 is 0 Å². The Morgan fingerprint density at radius 3 is 2.08 bits per heavy atom. The number of Topliss-reactive ketones (excluding diaryl/α,β-unsaturated/α-hetero) is 1. The fourth-order valence-electron chi connectivity index (χ4n) is 2.88. The Morgan fingerprint density at radius 2 is 1.85 bits per heavy atom. The van der Waals surface area contributed by atoms with Crippen LogP contribution in [-0.4, -0.2) is 14.9 Å². The zero-order valence-electron chi connectivity index (χ0n) is 8.16. The van der Waals surface area contributed by atoms with Crippen molar-refractivity contribution in [1.29, 1.82) is 0 Å². The van der Waals surface area contributed by atoms with Crippen molar-refractivity contribution < 1.29 is 4.79 Å². The summed E-state index contributed by atoms with van der Waals surface area (Å²) in [6.07, 6.45) is 2.12. The summed E-state index contributed by atoms with van der Waals surface area (Å²) in [7, 11) is 0. The van der Waals surface area contributed by atoms with E-state index in [0.717, 1.165) is 12.8 Å². The largest absolute Gasteiger partial charge is 0.298 e. The van der Waals surface area contributed by atoms with Gasteiger partial charge < -0.3 is 0 Å². The molecular weight excluding hydrogens is 296 g/mol. The number of carbonyl (C=O) groups is 1. The Bertz CT molecular complexity index is 284. The number of halogens is 2. The van der Waals surface area contributed by atoms with Gasteiger partial charge in [0.2, 0.25) is 0 Å². The minimum atomic E-state index is -0.134. The van der Waals surface area contributed by atoms with E-state index in [1.54, 1.807) is 0 Å². The van der Waals surface area contributed by atoms with E-state index in [4.69, 9.17) is 0 Å². The van der Waals surface area contributed by atoms with Gasteiger partial charge in [0.1, 0.15) is 0 Å². The first-order valence-corrected chi connectivity index (χ1v) is 6.35. The van der Waals surface area contributed by atoms with Crippen LogP contribution in [0.1, 0.15) is 33.6 Å². The zero-order chi connectivity index (χ0) is 10.1. The average Bonchev–Trinajstić information content (AvgIpc) is 2.28. The molecule has 2 rings (SSSR count). The molecule has 2 aliphatic carbocycles. The van der Waals surface area contributed by atoms with Gasteiger partial charge in [-0.15, -0.1) is 0 Å². The molecule has 2 fully saturated rings. The predicted molar refractivity (Wildman–Crippen MR) is 60.5 cm³/mol. The highest BCUT2D eigenvalue weighted by Crippen LogP contribution is 2.70. The van der Waals surface area contributed by atoms with Crippen molar-refractivity contribution in [2.24, 2.45) is 10.8 Å². The third-order valence-corrected chi connectivity index (χ3v) is 8.24. The summed E-state index contributed by atoms with van der Waals surface area (Å²) in [4.78, 5) is 12.0. The molecule has 0 spiro atoms. The molecule has 13 heavy (non-hydrogen) atoms. The van der Waals surface area contributed by atoms with Crippen LogP contribution in [0.2, 0.25) is 0 Å². The molecule has 0 aromatic rings. The summed E-state index contributed by atoms with van der Waals surface area (Å²) in [5.74, 6) is 0.376. The van der Waals surface area contributed by atoms with Gasteiger partial charge in [-0.2, -0.15) is 0 Å². The number of fused-ring (bicyclic) bond motifs is 2. The number of hydrogen-bond donors (Lipinski definition) is 0. The van der Waals surface area contributed by atoms with Crippen LogP contribution in [0.15, 0.2) is 0 Å². The third-order valence-electron chi connectivity index (χ3n) is 4.58. The van der Waals surface area contributed by atoms with Crippen molar-refractivity contribution >= 4 is 37.6 Å². The van der Waals surface area contributed by atoms with E-state index in [1.165, 1.54) is 0 Å². The van der Waals surface area contributed by atoms with Crippen LogP contribution in [0.5, 0.6) is 0 Å². The number of hydrogen-bond acceptors (Lipinski definition) is 1. The molecule has 2 saturated carbocycles. The van der Waals surface area contributed by atoms with Gasteiger partial charge in [-0.05, 0) is 18.3 Å². The topological polar surface area (TPSA) is 17.1 Å². The molecule has 0 amide bonds. The maximum Gasteiger partial charge on any atom is 0.154 e. The van der Waals surface area contributed by atoms with E-state index in [2.05, 4.69) is 52.6 Å². The fourth-order valence-corrected chi connectivity index (χ4v) is 5.03. The molecule has 2 aliphatic rings. The van der Waals surface area contributed by atoms with Gasteiger partial charge in [0.05, 0.1) is 9.15 Å². The minimum absolute atomic E-state index is 0.00579. The van der Waals surface area contributed by atoms with E-state index in [9.17, 15) is 4.79 Å². The number of rotatable bonds is 0. The second kappa shape index (κ2) is 2.41. The highest BCUT2D eigenvalue weighted by atomic mass is 79.9. The smallest absolute Gasteiger partial charge is 0.154 e. The highest BCUT2D eigenvalue weighted by Gasteiger charge is 2.73. The molecule has 0 aromatic carbocycles. The summed E-state index contributed by atoms with van der Waals surface area (Å²) in [5, 5.41) is 0. The lowest BCUT2D eigenvalue weighted by molar-refractivity contribution is -0.127. The van der Waals surface area contributed by atoms with Crippen molar-refractivity contribution in [3.63, 3.8) is 0 Å². The van der Waals surface area contributed by atoms with Crippen LogP contribution in [-0.2, 0) is 4.79 Å². The molecule has 3 heteroatoms. The second-order valence-electron chi connectivity index (χ2n) is 5.05. The third kappa shape index (κ3) is 0.823. The van der Waals surface area contributed by atoms with Crippen molar-refractivity contribution in [2.75, 3.05) is 0 Å². The van der Waals surface area contributed by atoms with Crippen molar-refractivity contribution in [3.05, 3.63) is 0 Å². The van der Waals surface area contributed by atoms with Crippen LogP contribution in [0.4, 0.5) is 0 Å². The number of ketones is 1. The minimum Gasteiger partial charge on any atom is -0.298 e. The lowest BCUT2D eigenvalue weighted by Crippen LogP contribution is -2.38. The van der Waals surface area contributed by atoms with Crippen LogP contribution in [0.3, 0.4) is 0 Å². The van der Waals surface area contributed by atoms with Crippen LogP contribution in [0, 0.1) is 10.8 Å². The van der Waals surface area contributed by atoms with E-state index in [1.807, 2.05) is 0 Å².